The molecular weight excluding hydrogens is 318 g/mol. The van der Waals surface area contributed by atoms with E-state index in [-0.39, 0.29) is 22.7 Å². The van der Waals surface area contributed by atoms with Gasteiger partial charge in [-0.3, -0.25) is 4.79 Å². The van der Waals surface area contributed by atoms with Crippen molar-refractivity contribution in [3.63, 3.8) is 0 Å². The van der Waals surface area contributed by atoms with Crippen molar-refractivity contribution in [3.05, 3.63) is 16.3 Å². The molecule has 1 aliphatic heterocycles. The summed E-state index contributed by atoms with van der Waals surface area (Å²) in [5.41, 5.74) is -1.49. The first-order valence-electron chi connectivity index (χ1n) is 6.17. The highest BCUT2D eigenvalue weighted by atomic mass is 32.2. The first-order chi connectivity index (χ1) is 9.75. The summed E-state index contributed by atoms with van der Waals surface area (Å²) in [6.07, 6.45) is 0.693. The van der Waals surface area contributed by atoms with Crippen molar-refractivity contribution < 1.29 is 27.9 Å². The summed E-state index contributed by atoms with van der Waals surface area (Å²) in [7, 11) is -2.91. The maximum Gasteiger partial charge on any atom is 0.349 e. The number of nitrogens with zero attached hydrogens (tertiary/aromatic N) is 1. The number of carboxylic acid groups (broad SMARTS) is 1. The zero-order valence-electron chi connectivity index (χ0n) is 11.5. The van der Waals surface area contributed by atoms with E-state index in [0.717, 1.165) is 22.8 Å². The highest BCUT2D eigenvalue weighted by Crippen LogP contribution is 2.36. The molecule has 0 amide bonds. The standard InChI is InChI=1S/C12H15NO6S2/c1-12(11(15)16)5-3-6-13(12)21(17,18)8-4-7-20-9(8)10(14)19-2/h4,7H,3,5-6H2,1-2H3,(H,15,16). The number of carbonyl (C=O) groups excluding carboxylic acids is 1. The number of hydrogen-bond donors (Lipinski definition) is 1. The van der Waals surface area contributed by atoms with Gasteiger partial charge in [-0.25, -0.2) is 13.2 Å². The van der Waals surface area contributed by atoms with Crippen molar-refractivity contribution in [3.8, 4) is 0 Å². The number of esters is 1. The van der Waals surface area contributed by atoms with E-state index in [9.17, 15) is 23.1 Å². The number of carbonyl (C=O) groups is 2. The molecule has 2 rings (SSSR count). The Bertz CT molecular complexity index is 680. The van der Waals surface area contributed by atoms with Crippen molar-refractivity contribution in [1.29, 1.82) is 0 Å². The minimum Gasteiger partial charge on any atom is -0.480 e. The van der Waals surface area contributed by atoms with Crippen LogP contribution in [0.2, 0.25) is 0 Å². The Balaban J connectivity index is 2.51. The summed E-state index contributed by atoms with van der Waals surface area (Å²) in [6.45, 7) is 1.49. The van der Waals surface area contributed by atoms with Gasteiger partial charge in [0.15, 0.2) is 0 Å². The molecule has 1 aromatic rings. The van der Waals surface area contributed by atoms with Gasteiger partial charge in [-0.1, -0.05) is 0 Å². The average Bonchev–Trinajstić information content (AvgIpc) is 3.05. The second-order valence-electron chi connectivity index (χ2n) is 4.87. The first-order valence-corrected chi connectivity index (χ1v) is 8.49. The molecule has 0 aromatic carbocycles. The second kappa shape index (κ2) is 5.39. The molecule has 1 fully saturated rings. The van der Waals surface area contributed by atoms with Crippen LogP contribution in [-0.2, 0) is 19.6 Å². The fourth-order valence-electron chi connectivity index (χ4n) is 2.40. The predicted octanol–water partition coefficient (Wildman–Crippen LogP) is 1.16. The highest BCUT2D eigenvalue weighted by molar-refractivity contribution is 7.89. The van der Waals surface area contributed by atoms with Crippen molar-refractivity contribution in [1.82, 2.24) is 4.31 Å². The van der Waals surface area contributed by atoms with Crippen molar-refractivity contribution >= 4 is 33.3 Å². The number of rotatable bonds is 4. The number of methoxy groups -OCH3 is 1. The van der Waals surface area contributed by atoms with Gasteiger partial charge in [0.25, 0.3) is 0 Å². The number of carboxylic acids is 1. The van der Waals surface area contributed by atoms with Crippen LogP contribution in [0.1, 0.15) is 29.4 Å². The van der Waals surface area contributed by atoms with E-state index in [2.05, 4.69) is 4.74 Å². The molecule has 21 heavy (non-hydrogen) atoms. The third kappa shape index (κ3) is 2.45. The lowest BCUT2D eigenvalue weighted by molar-refractivity contribution is -0.146. The van der Waals surface area contributed by atoms with Crippen LogP contribution >= 0.6 is 11.3 Å². The Morgan fingerprint density at radius 1 is 1.48 bits per heavy atom. The first kappa shape index (κ1) is 15.9. The highest BCUT2D eigenvalue weighted by Gasteiger charge is 2.50. The lowest BCUT2D eigenvalue weighted by atomic mass is 10.0. The third-order valence-corrected chi connectivity index (χ3v) is 6.69. The molecule has 7 nitrogen and oxygen atoms in total. The van der Waals surface area contributed by atoms with E-state index >= 15 is 0 Å². The molecule has 1 N–H and O–H groups in total. The van der Waals surface area contributed by atoms with Crippen LogP contribution < -0.4 is 0 Å². The monoisotopic (exact) mass is 333 g/mol. The molecule has 0 bridgehead atoms. The number of aliphatic carboxylic acids is 1. The van der Waals surface area contributed by atoms with Gasteiger partial charge in [0.05, 0.1) is 7.11 Å². The molecule has 1 aromatic heterocycles. The maximum atomic E-state index is 12.7. The zero-order valence-corrected chi connectivity index (χ0v) is 13.2. The van der Waals surface area contributed by atoms with Gasteiger partial charge in [0.2, 0.25) is 10.0 Å². The largest absolute Gasteiger partial charge is 0.480 e. The van der Waals surface area contributed by atoms with Crippen molar-refractivity contribution in [2.75, 3.05) is 13.7 Å². The van der Waals surface area contributed by atoms with Gasteiger partial charge in [-0.2, -0.15) is 4.31 Å². The summed E-state index contributed by atoms with van der Waals surface area (Å²) in [5, 5.41) is 10.8. The zero-order chi connectivity index (χ0) is 15.8. The molecule has 1 unspecified atom stereocenters. The number of sulfonamides is 1. The third-order valence-electron chi connectivity index (χ3n) is 3.60. The second-order valence-corrected chi connectivity index (χ2v) is 7.61. The van der Waals surface area contributed by atoms with E-state index in [4.69, 9.17) is 0 Å². The Kier molecular flexibility index (Phi) is 4.09. The number of thiophene rings is 1. The fraction of sp³-hybridized carbons (Fsp3) is 0.500. The molecule has 0 saturated carbocycles. The quantitative estimate of drug-likeness (QED) is 0.830. The summed E-state index contributed by atoms with van der Waals surface area (Å²) in [5.74, 6) is -1.95. The lowest BCUT2D eigenvalue weighted by Gasteiger charge is -2.30. The van der Waals surface area contributed by atoms with E-state index in [1.165, 1.54) is 18.4 Å². The summed E-state index contributed by atoms with van der Waals surface area (Å²) < 4.78 is 31.0. The van der Waals surface area contributed by atoms with Gasteiger partial charge in [0.1, 0.15) is 15.3 Å². The number of hydrogen-bond acceptors (Lipinski definition) is 6. The van der Waals surface area contributed by atoms with Gasteiger partial charge in [-0.05, 0) is 31.2 Å². The Morgan fingerprint density at radius 3 is 2.71 bits per heavy atom. The van der Waals surface area contributed by atoms with E-state index in [1.807, 2.05) is 0 Å². The Hall–Kier alpha value is -1.45. The van der Waals surface area contributed by atoms with Crippen LogP contribution in [0.15, 0.2) is 16.3 Å². The van der Waals surface area contributed by atoms with Gasteiger partial charge in [0, 0.05) is 6.54 Å². The minimum absolute atomic E-state index is 0.0443. The van der Waals surface area contributed by atoms with Gasteiger partial charge >= 0.3 is 11.9 Å². The van der Waals surface area contributed by atoms with Gasteiger partial charge < -0.3 is 9.84 Å². The van der Waals surface area contributed by atoms with E-state index in [1.54, 1.807) is 0 Å². The average molecular weight is 333 g/mol. The SMILES string of the molecule is COC(=O)c1sccc1S(=O)(=O)N1CCCC1(C)C(=O)O. The minimum atomic E-state index is -4.07. The predicted molar refractivity (Wildman–Crippen MR) is 74.8 cm³/mol. The lowest BCUT2D eigenvalue weighted by Crippen LogP contribution is -2.50. The molecular formula is C12H15NO6S2. The van der Waals surface area contributed by atoms with Crippen LogP contribution in [0.25, 0.3) is 0 Å². The molecule has 0 spiro atoms. The Morgan fingerprint density at radius 2 is 2.14 bits per heavy atom. The van der Waals surface area contributed by atoms with E-state index < -0.39 is 27.5 Å². The fourth-order valence-corrected chi connectivity index (χ4v) is 5.51. The van der Waals surface area contributed by atoms with Crippen molar-refractivity contribution in [2.45, 2.75) is 30.2 Å². The molecule has 0 radical (unpaired) electrons. The van der Waals surface area contributed by atoms with Crippen LogP contribution in [0.3, 0.4) is 0 Å². The van der Waals surface area contributed by atoms with Crippen molar-refractivity contribution in [2.24, 2.45) is 0 Å². The summed E-state index contributed by atoms with van der Waals surface area (Å²) in [4.78, 5) is 22.8. The van der Waals surface area contributed by atoms with E-state index in [0.29, 0.717) is 6.42 Å². The topological polar surface area (TPSA) is 101 Å². The normalized spacial score (nSPS) is 23.1. The maximum absolute atomic E-state index is 12.7. The van der Waals surface area contributed by atoms with Crippen LogP contribution in [-0.4, -0.2) is 49.0 Å². The molecule has 116 valence electrons. The van der Waals surface area contributed by atoms with Crippen LogP contribution in [0.5, 0.6) is 0 Å². The number of ether oxygens (including phenoxy) is 1. The van der Waals surface area contributed by atoms with Crippen LogP contribution in [0, 0.1) is 0 Å². The summed E-state index contributed by atoms with van der Waals surface area (Å²) >= 11 is 0.949. The molecule has 0 aliphatic carbocycles. The summed E-state index contributed by atoms with van der Waals surface area (Å²) in [6, 6.07) is 1.30. The smallest absolute Gasteiger partial charge is 0.349 e. The molecule has 1 aliphatic rings. The molecule has 9 heteroatoms. The van der Waals surface area contributed by atoms with Gasteiger partial charge in [-0.15, -0.1) is 11.3 Å². The Labute approximate surface area is 126 Å². The molecule has 1 saturated heterocycles. The molecule has 2 heterocycles. The molecule has 1 atom stereocenters. The van der Waals surface area contributed by atoms with Crippen LogP contribution in [0.4, 0.5) is 0 Å².